The number of hydrogen-bond donors (Lipinski definition) is 4. The van der Waals surface area contributed by atoms with E-state index in [0.29, 0.717) is 53.1 Å². The molecule has 1 aliphatic carbocycles. The molecule has 9 nitrogen and oxygen atoms in total. The maximum absolute atomic E-state index is 13.1. The fourth-order valence-electron chi connectivity index (χ4n) is 6.86. The first kappa shape index (κ1) is 42.8. The van der Waals surface area contributed by atoms with Crippen molar-refractivity contribution in [3.8, 4) is 11.1 Å². The van der Waals surface area contributed by atoms with Gasteiger partial charge >= 0.3 is 0 Å². The van der Waals surface area contributed by atoms with Crippen molar-refractivity contribution in [3.05, 3.63) is 184 Å². The van der Waals surface area contributed by atoms with E-state index in [1.165, 1.54) is 61.4 Å². The minimum absolute atomic E-state index is 0.0712. The van der Waals surface area contributed by atoms with Crippen LogP contribution in [0.2, 0.25) is 0 Å². The first-order valence-corrected chi connectivity index (χ1v) is 19.7. The molecule has 1 saturated heterocycles. The Labute approximate surface area is 352 Å². The molecule has 60 heavy (non-hydrogen) atoms. The van der Waals surface area contributed by atoms with E-state index in [0.717, 1.165) is 53.0 Å². The maximum atomic E-state index is 13.1. The number of nitrogen functional groups attached to an aromatic ring is 1. The second-order valence-corrected chi connectivity index (χ2v) is 14.1. The first-order valence-electron chi connectivity index (χ1n) is 19.4. The Hall–Kier alpha value is -6.78. The van der Waals surface area contributed by atoms with Gasteiger partial charge in [-0.2, -0.15) is 0 Å². The molecular weight excluding hydrogens is 786 g/mol. The third kappa shape index (κ3) is 11.0. The number of rotatable bonds is 5. The molecule has 12 heteroatoms. The molecule has 0 unspecified atom stereocenters. The smallest absolute Gasteiger partial charge is 0.255 e. The highest BCUT2D eigenvalue weighted by Gasteiger charge is 2.26. The average molecular weight is 828 g/mol. The maximum Gasteiger partial charge on any atom is 0.255 e. The topological polar surface area (TPSA) is 140 Å². The van der Waals surface area contributed by atoms with Crippen molar-refractivity contribution in [1.82, 2.24) is 10.6 Å². The molecule has 0 aromatic heterocycles. The molecule has 0 atom stereocenters. The zero-order valence-electron chi connectivity index (χ0n) is 32.5. The lowest BCUT2D eigenvalue weighted by molar-refractivity contribution is 0.0938. The normalized spacial score (nSPS) is 14.3. The summed E-state index contributed by atoms with van der Waals surface area (Å²) in [7, 11) is 0. The third-order valence-corrected chi connectivity index (χ3v) is 10.0. The van der Waals surface area contributed by atoms with Crippen molar-refractivity contribution in [2.24, 2.45) is 0 Å². The molecule has 4 aliphatic rings. The molecule has 3 aliphatic heterocycles. The van der Waals surface area contributed by atoms with Gasteiger partial charge in [-0.3, -0.25) is 19.2 Å². The SMILES string of the molecule is C1CCOC1.Nc1ccc(C2=CC=[C+]C=C2)c2c1C(=O)NCC2.O=C(Cl)c1ccc(F)cc1.O=C(Nc1ccc(-c2ccccc2)c2c1C(=O)NCC2)c1ccc(F)cc1. The number of nitrogens with two attached hydrogens (primary N) is 1. The van der Waals surface area contributed by atoms with Crippen LogP contribution in [0.25, 0.3) is 16.7 Å². The number of nitrogens with one attached hydrogen (secondary N) is 3. The van der Waals surface area contributed by atoms with E-state index < -0.39 is 11.1 Å². The van der Waals surface area contributed by atoms with Gasteiger partial charge in [-0.25, -0.2) is 8.78 Å². The predicted octanol–water partition coefficient (Wildman–Crippen LogP) is 8.90. The molecule has 3 amide bonds. The number of carbonyl (C=O) groups is 4. The largest absolute Gasteiger partial charge is 0.398 e. The van der Waals surface area contributed by atoms with Crippen LogP contribution >= 0.6 is 11.6 Å². The highest BCUT2D eigenvalue weighted by atomic mass is 35.5. The van der Waals surface area contributed by atoms with E-state index in [1.54, 1.807) is 12.1 Å². The highest BCUT2D eigenvalue weighted by Crippen LogP contribution is 2.34. The number of fused-ring (bicyclic) bond motifs is 2. The molecule has 0 bridgehead atoms. The Kier molecular flexibility index (Phi) is 14.8. The fraction of sp³-hybridized carbons (Fsp3) is 0.167. The van der Waals surface area contributed by atoms with Gasteiger partial charge in [-0.15, -0.1) is 0 Å². The molecule has 5 N–H and O–H groups in total. The first-order chi connectivity index (χ1) is 29.1. The molecule has 0 spiro atoms. The molecule has 1 fully saturated rings. The minimum atomic E-state index is -0.569. The van der Waals surface area contributed by atoms with Crippen molar-refractivity contribution < 1.29 is 32.7 Å². The van der Waals surface area contributed by atoms with E-state index in [-0.39, 0.29) is 23.5 Å². The zero-order valence-corrected chi connectivity index (χ0v) is 33.3. The second kappa shape index (κ2) is 20.8. The number of hydrogen-bond acceptors (Lipinski definition) is 6. The zero-order chi connectivity index (χ0) is 42.4. The van der Waals surface area contributed by atoms with E-state index in [9.17, 15) is 28.0 Å². The Bertz CT molecular complexity index is 2440. The summed E-state index contributed by atoms with van der Waals surface area (Å²) in [5.74, 6) is -1.44. The third-order valence-electron chi connectivity index (χ3n) is 9.80. The van der Waals surface area contributed by atoms with Crippen LogP contribution in [0.1, 0.15) is 71.0 Å². The summed E-state index contributed by atoms with van der Waals surface area (Å²) >= 11 is 5.09. The standard InChI is InChI=1S/C22H17FN2O2.C15H12N2O.C7H4ClFO.C4H8O/c23-16-8-6-15(7-9-16)21(26)25-19-11-10-17(14-4-2-1-3-5-14)18-12-13-24-22(27)20(18)19;16-13-7-6-11(10-4-2-1-3-5-10)12-8-9-17-15(18)14(12)13;8-7(10)5-1-3-6(9)4-2-5;1-2-4-5-3-1/h1-11H,12-13H2,(H,24,27)(H,25,26);2-7H,8-9H2,(H2-,16,17,18);1-4H;1-4H2/p+1. The minimum Gasteiger partial charge on any atom is -0.398 e. The summed E-state index contributed by atoms with van der Waals surface area (Å²) < 4.78 is 30.2. The van der Waals surface area contributed by atoms with Gasteiger partial charge in [0, 0.05) is 54.8 Å². The van der Waals surface area contributed by atoms with Crippen LogP contribution in [-0.4, -0.2) is 49.3 Å². The van der Waals surface area contributed by atoms with Gasteiger partial charge in [-0.05, 0) is 126 Å². The monoisotopic (exact) mass is 827 g/mol. The van der Waals surface area contributed by atoms with Crippen molar-refractivity contribution in [2.45, 2.75) is 25.7 Å². The average Bonchev–Trinajstić information content (AvgIpc) is 3.87. The highest BCUT2D eigenvalue weighted by molar-refractivity contribution is 6.67. The summed E-state index contributed by atoms with van der Waals surface area (Å²) in [6, 6.07) is 27.6. The molecule has 9 rings (SSSR count). The van der Waals surface area contributed by atoms with Crippen molar-refractivity contribution in [2.75, 3.05) is 37.4 Å². The molecule has 5 aromatic carbocycles. The van der Waals surface area contributed by atoms with E-state index in [1.807, 2.05) is 66.8 Å². The molecule has 0 saturated carbocycles. The van der Waals surface area contributed by atoms with Crippen LogP contribution in [0.3, 0.4) is 0 Å². The Morgan fingerprint density at radius 3 is 1.87 bits per heavy atom. The van der Waals surface area contributed by atoms with E-state index >= 15 is 0 Å². The Morgan fingerprint density at radius 2 is 1.30 bits per heavy atom. The lowest BCUT2D eigenvalue weighted by atomic mass is 9.89. The van der Waals surface area contributed by atoms with Gasteiger partial charge in [0.15, 0.2) is 0 Å². The summed E-state index contributed by atoms with van der Waals surface area (Å²) in [5, 5.41) is 7.89. The number of allylic oxidation sites excluding steroid dienone is 6. The van der Waals surface area contributed by atoms with Gasteiger partial charge in [-0.1, -0.05) is 36.4 Å². The molecule has 5 aromatic rings. The van der Waals surface area contributed by atoms with Crippen LogP contribution in [0.5, 0.6) is 0 Å². The van der Waals surface area contributed by atoms with Gasteiger partial charge < -0.3 is 26.4 Å². The number of amides is 3. The number of benzene rings is 5. The Morgan fingerprint density at radius 1 is 0.717 bits per heavy atom. The molecule has 304 valence electrons. The summed E-state index contributed by atoms with van der Waals surface area (Å²) in [4.78, 5) is 47.3. The predicted molar refractivity (Wildman–Crippen MR) is 231 cm³/mol. The molecular formula is C48H42ClF2N4O5+. The van der Waals surface area contributed by atoms with Gasteiger partial charge in [0.2, 0.25) is 0 Å². The van der Waals surface area contributed by atoms with E-state index in [2.05, 4.69) is 22.0 Å². The van der Waals surface area contributed by atoms with Crippen LogP contribution in [0.4, 0.5) is 20.2 Å². The van der Waals surface area contributed by atoms with Crippen LogP contribution in [-0.2, 0) is 17.6 Å². The van der Waals surface area contributed by atoms with Crippen molar-refractivity contribution in [3.63, 3.8) is 0 Å². The van der Waals surface area contributed by atoms with Crippen molar-refractivity contribution >= 4 is 51.5 Å². The summed E-state index contributed by atoms with van der Waals surface area (Å²) in [6.45, 7) is 3.22. The van der Waals surface area contributed by atoms with Gasteiger partial charge in [0.05, 0.1) is 34.5 Å². The van der Waals surface area contributed by atoms with Crippen LogP contribution < -0.4 is 21.7 Å². The lowest BCUT2D eigenvalue weighted by Crippen LogP contribution is -2.33. The van der Waals surface area contributed by atoms with Crippen LogP contribution in [0.15, 0.2) is 127 Å². The number of ether oxygens (including phenoxy) is 1. The Balaban J connectivity index is 0.000000156. The van der Waals surface area contributed by atoms with Crippen molar-refractivity contribution in [1.29, 1.82) is 0 Å². The van der Waals surface area contributed by atoms with Gasteiger partial charge in [0.25, 0.3) is 23.0 Å². The summed E-state index contributed by atoms with van der Waals surface area (Å²) in [5.41, 5.74) is 14.8. The molecule has 0 radical (unpaired) electrons. The second-order valence-electron chi connectivity index (χ2n) is 13.8. The molecule has 3 heterocycles. The van der Waals surface area contributed by atoms with Crippen LogP contribution in [0, 0.1) is 17.7 Å². The number of anilines is 2. The lowest BCUT2D eigenvalue weighted by Gasteiger charge is -2.23. The number of carbonyl (C=O) groups excluding carboxylic acids is 4. The quantitative estimate of drug-likeness (QED) is 0.0793. The fourth-order valence-corrected chi connectivity index (χ4v) is 6.98. The van der Waals surface area contributed by atoms with Gasteiger partial charge in [0.1, 0.15) is 23.8 Å². The summed E-state index contributed by atoms with van der Waals surface area (Å²) in [6.07, 6.45) is 14.8. The van der Waals surface area contributed by atoms with E-state index in [4.69, 9.17) is 22.1 Å². The number of halogens is 3.